The van der Waals surface area contributed by atoms with Crippen LogP contribution in [0.15, 0.2) is 4.52 Å². The Morgan fingerprint density at radius 2 is 2.50 bits per heavy atom. The molecule has 78 valence electrons. The first-order chi connectivity index (χ1) is 6.81. The van der Waals surface area contributed by atoms with Crippen LogP contribution in [0.1, 0.15) is 30.6 Å². The van der Waals surface area contributed by atoms with Gasteiger partial charge in [-0.3, -0.25) is 4.90 Å². The Labute approximate surface area is 82.7 Å². The van der Waals surface area contributed by atoms with Gasteiger partial charge in [0.25, 0.3) is 0 Å². The molecule has 1 unspecified atom stereocenters. The third-order valence-electron chi connectivity index (χ3n) is 2.62. The lowest BCUT2D eigenvalue weighted by molar-refractivity contribution is 0.243. The van der Waals surface area contributed by atoms with Crippen LogP contribution in [0.2, 0.25) is 0 Å². The minimum atomic E-state index is 0.0689. The van der Waals surface area contributed by atoms with E-state index in [1.807, 2.05) is 0 Å². The Balaban J connectivity index is 2.08. The fourth-order valence-corrected chi connectivity index (χ4v) is 1.83. The Morgan fingerprint density at radius 3 is 3.14 bits per heavy atom. The fourth-order valence-electron chi connectivity index (χ4n) is 1.83. The summed E-state index contributed by atoms with van der Waals surface area (Å²) in [7, 11) is 2.06. The molecule has 0 spiro atoms. The van der Waals surface area contributed by atoms with Gasteiger partial charge in [-0.05, 0) is 26.4 Å². The van der Waals surface area contributed by atoms with Crippen LogP contribution in [0, 0.1) is 0 Å². The normalized spacial score (nSPS) is 23.1. The first-order valence-corrected chi connectivity index (χ1v) is 4.95. The standard InChI is InChI=1S/C9H15N3O2/c1-12-5-2-3-7(12)9-10-8(4-6-13)11-14-9/h7,13H,2-6H2,1H3. The van der Waals surface area contributed by atoms with Crippen molar-refractivity contribution in [3.63, 3.8) is 0 Å². The Bertz CT molecular complexity index is 300. The number of aliphatic hydroxyl groups excluding tert-OH is 1. The number of aromatic nitrogens is 2. The second-order valence-electron chi connectivity index (χ2n) is 3.66. The highest BCUT2D eigenvalue weighted by Crippen LogP contribution is 2.28. The van der Waals surface area contributed by atoms with E-state index in [1.165, 1.54) is 6.42 Å². The summed E-state index contributed by atoms with van der Waals surface area (Å²) < 4.78 is 5.16. The van der Waals surface area contributed by atoms with E-state index in [2.05, 4.69) is 22.1 Å². The first-order valence-electron chi connectivity index (χ1n) is 4.95. The molecule has 5 nitrogen and oxygen atoms in total. The molecule has 0 aromatic carbocycles. The number of likely N-dealkylation sites (tertiary alicyclic amines) is 1. The van der Waals surface area contributed by atoms with Crippen LogP contribution < -0.4 is 0 Å². The van der Waals surface area contributed by atoms with Gasteiger partial charge in [-0.1, -0.05) is 5.16 Å². The molecule has 0 radical (unpaired) electrons. The summed E-state index contributed by atoms with van der Waals surface area (Å²) in [5.74, 6) is 1.29. The number of hydrogen-bond donors (Lipinski definition) is 1. The molecule has 1 atom stereocenters. The van der Waals surface area contributed by atoms with Crippen LogP contribution in [0.3, 0.4) is 0 Å². The van der Waals surface area contributed by atoms with Crippen LogP contribution >= 0.6 is 0 Å². The fraction of sp³-hybridized carbons (Fsp3) is 0.778. The van der Waals surface area contributed by atoms with Gasteiger partial charge in [0.05, 0.1) is 12.6 Å². The molecular formula is C9H15N3O2. The molecule has 1 aliphatic heterocycles. The molecule has 0 amide bonds. The number of hydrogen-bond acceptors (Lipinski definition) is 5. The third kappa shape index (κ3) is 1.78. The van der Waals surface area contributed by atoms with Gasteiger partial charge < -0.3 is 9.63 Å². The van der Waals surface area contributed by atoms with E-state index in [1.54, 1.807) is 0 Å². The highest BCUT2D eigenvalue weighted by atomic mass is 16.5. The number of aliphatic hydroxyl groups is 1. The molecule has 0 bridgehead atoms. The minimum Gasteiger partial charge on any atom is -0.396 e. The lowest BCUT2D eigenvalue weighted by Gasteiger charge is -2.14. The Hall–Kier alpha value is -0.940. The Morgan fingerprint density at radius 1 is 1.64 bits per heavy atom. The average Bonchev–Trinajstić information content (AvgIpc) is 2.74. The van der Waals surface area contributed by atoms with Crippen molar-refractivity contribution in [1.82, 2.24) is 15.0 Å². The number of nitrogens with zero attached hydrogens (tertiary/aromatic N) is 3. The lowest BCUT2D eigenvalue weighted by atomic mass is 10.2. The second-order valence-corrected chi connectivity index (χ2v) is 3.66. The van der Waals surface area contributed by atoms with E-state index in [0.29, 0.717) is 18.1 Å². The van der Waals surface area contributed by atoms with Gasteiger partial charge in [0.2, 0.25) is 5.89 Å². The van der Waals surface area contributed by atoms with Gasteiger partial charge in [-0.25, -0.2) is 0 Å². The molecule has 0 saturated carbocycles. The van der Waals surface area contributed by atoms with Crippen LogP contribution in [-0.2, 0) is 6.42 Å². The molecule has 2 heterocycles. The van der Waals surface area contributed by atoms with E-state index in [-0.39, 0.29) is 12.6 Å². The SMILES string of the molecule is CN1CCCC1c1nc(CCO)no1. The minimum absolute atomic E-state index is 0.0689. The lowest BCUT2D eigenvalue weighted by Crippen LogP contribution is -2.17. The quantitative estimate of drug-likeness (QED) is 0.758. The average molecular weight is 197 g/mol. The molecule has 14 heavy (non-hydrogen) atoms. The zero-order valence-corrected chi connectivity index (χ0v) is 8.31. The van der Waals surface area contributed by atoms with Gasteiger partial charge in [-0.15, -0.1) is 0 Å². The molecule has 0 aliphatic carbocycles. The van der Waals surface area contributed by atoms with Gasteiger partial charge in [0.1, 0.15) is 0 Å². The summed E-state index contributed by atoms with van der Waals surface area (Å²) >= 11 is 0. The van der Waals surface area contributed by atoms with Crippen molar-refractivity contribution >= 4 is 0 Å². The molecule has 2 rings (SSSR count). The molecule has 1 aliphatic rings. The van der Waals surface area contributed by atoms with E-state index < -0.39 is 0 Å². The van der Waals surface area contributed by atoms with Crippen molar-refractivity contribution in [2.75, 3.05) is 20.2 Å². The first kappa shape index (κ1) is 9.61. The van der Waals surface area contributed by atoms with E-state index in [0.717, 1.165) is 13.0 Å². The largest absolute Gasteiger partial charge is 0.396 e. The van der Waals surface area contributed by atoms with Crippen molar-refractivity contribution in [3.05, 3.63) is 11.7 Å². The van der Waals surface area contributed by atoms with Crippen molar-refractivity contribution in [3.8, 4) is 0 Å². The van der Waals surface area contributed by atoms with E-state index >= 15 is 0 Å². The highest BCUT2D eigenvalue weighted by Gasteiger charge is 2.27. The summed E-state index contributed by atoms with van der Waals surface area (Å²) in [6, 6.07) is 0.273. The van der Waals surface area contributed by atoms with Crippen molar-refractivity contribution in [2.24, 2.45) is 0 Å². The van der Waals surface area contributed by atoms with Crippen molar-refractivity contribution in [2.45, 2.75) is 25.3 Å². The third-order valence-corrected chi connectivity index (χ3v) is 2.62. The molecule has 1 aromatic heterocycles. The zero-order chi connectivity index (χ0) is 9.97. The van der Waals surface area contributed by atoms with E-state index in [9.17, 15) is 0 Å². The predicted octanol–water partition coefficient (Wildman–Crippen LogP) is 0.371. The molecule has 1 saturated heterocycles. The van der Waals surface area contributed by atoms with Gasteiger partial charge in [-0.2, -0.15) is 4.98 Å². The molecule has 1 aromatic rings. The molecule has 1 N–H and O–H groups in total. The van der Waals surface area contributed by atoms with E-state index in [4.69, 9.17) is 9.63 Å². The summed E-state index contributed by atoms with van der Waals surface area (Å²) in [5, 5.41) is 12.5. The van der Waals surface area contributed by atoms with Crippen molar-refractivity contribution < 1.29 is 9.63 Å². The molecule has 1 fully saturated rings. The second kappa shape index (κ2) is 4.06. The van der Waals surface area contributed by atoms with Gasteiger partial charge in [0, 0.05) is 6.42 Å². The predicted molar refractivity (Wildman–Crippen MR) is 49.7 cm³/mol. The number of rotatable bonds is 3. The zero-order valence-electron chi connectivity index (χ0n) is 8.31. The van der Waals surface area contributed by atoms with Gasteiger partial charge >= 0.3 is 0 Å². The highest BCUT2D eigenvalue weighted by molar-refractivity contribution is 4.95. The van der Waals surface area contributed by atoms with Crippen LogP contribution in [0.4, 0.5) is 0 Å². The van der Waals surface area contributed by atoms with Crippen LogP contribution in [0.5, 0.6) is 0 Å². The Kier molecular flexibility index (Phi) is 2.79. The van der Waals surface area contributed by atoms with Gasteiger partial charge in [0.15, 0.2) is 5.82 Å². The maximum absolute atomic E-state index is 8.71. The summed E-state index contributed by atoms with van der Waals surface area (Å²) in [4.78, 5) is 6.47. The van der Waals surface area contributed by atoms with Crippen molar-refractivity contribution in [1.29, 1.82) is 0 Å². The summed E-state index contributed by atoms with van der Waals surface area (Å²) in [5.41, 5.74) is 0. The summed E-state index contributed by atoms with van der Waals surface area (Å²) in [6.07, 6.45) is 2.73. The van der Waals surface area contributed by atoms with Crippen LogP contribution in [-0.4, -0.2) is 40.3 Å². The smallest absolute Gasteiger partial charge is 0.243 e. The maximum atomic E-state index is 8.71. The maximum Gasteiger partial charge on any atom is 0.243 e. The van der Waals surface area contributed by atoms with Crippen LogP contribution in [0.25, 0.3) is 0 Å². The monoisotopic (exact) mass is 197 g/mol. The molecular weight excluding hydrogens is 182 g/mol. The molecule has 5 heteroatoms. The summed E-state index contributed by atoms with van der Waals surface area (Å²) in [6.45, 7) is 1.15. The topological polar surface area (TPSA) is 62.4 Å².